The highest BCUT2D eigenvalue weighted by molar-refractivity contribution is 6.12. The molecule has 92 valence electrons. The van der Waals surface area contributed by atoms with Crippen LogP contribution in [0.5, 0.6) is 0 Å². The van der Waals surface area contributed by atoms with Gasteiger partial charge in [-0.15, -0.1) is 0 Å². The van der Waals surface area contributed by atoms with Crippen LogP contribution in [-0.2, 0) is 0 Å². The van der Waals surface area contributed by atoms with E-state index in [0.717, 1.165) is 10.8 Å². The number of fused-ring (bicyclic) bond motifs is 1. The third kappa shape index (κ3) is 2.06. The summed E-state index contributed by atoms with van der Waals surface area (Å²) in [7, 11) is 0. The van der Waals surface area contributed by atoms with Gasteiger partial charge < -0.3 is 5.73 Å². The van der Waals surface area contributed by atoms with Crippen molar-refractivity contribution < 1.29 is 4.79 Å². The summed E-state index contributed by atoms with van der Waals surface area (Å²) in [5, 5.41) is 2.15. The van der Waals surface area contributed by atoms with Crippen LogP contribution in [0.25, 0.3) is 10.8 Å². The average molecular weight is 248 g/mol. The van der Waals surface area contributed by atoms with E-state index in [0.29, 0.717) is 11.1 Å². The van der Waals surface area contributed by atoms with Gasteiger partial charge in [-0.3, -0.25) is 4.79 Å². The van der Waals surface area contributed by atoms with Gasteiger partial charge in [0.2, 0.25) is 0 Å². The number of hydrogen-bond acceptors (Lipinski definition) is 3. The normalized spacial score (nSPS) is 10.5. The first kappa shape index (κ1) is 11.4. The highest BCUT2D eigenvalue weighted by Crippen LogP contribution is 2.19. The third-order valence-corrected chi connectivity index (χ3v) is 3.09. The molecule has 0 aliphatic heterocycles. The molecule has 0 fully saturated rings. The van der Waals surface area contributed by atoms with Crippen LogP contribution in [-0.4, -0.2) is 10.8 Å². The predicted octanol–water partition coefficient (Wildman–Crippen LogP) is 3.05. The van der Waals surface area contributed by atoms with Crippen LogP contribution in [0.4, 0.5) is 5.82 Å². The SMILES string of the molecule is Nc1ncccc1C(=O)c1ccc2ccccc2c1. The van der Waals surface area contributed by atoms with Crippen molar-refractivity contribution in [1.82, 2.24) is 4.98 Å². The Kier molecular flexibility index (Phi) is 2.72. The van der Waals surface area contributed by atoms with E-state index in [1.54, 1.807) is 18.3 Å². The molecule has 0 aliphatic carbocycles. The second-order valence-electron chi connectivity index (χ2n) is 4.33. The van der Waals surface area contributed by atoms with Gasteiger partial charge in [0.15, 0.2) is 5.78 Å². The zero-order valence-electron chi connectivity index (χ0n) is 10.2. The maximum absolute atomic E-state index is 12.4. The van der Waals surface area contributed by atoms with Crippen molar-refractivity contribution in [3.05, 3.63) is 71.9 Å². The number of carbonyl (C=O) groups excluding carboxylic acids is 1. The van der Waals surface area contributed by atoms with E-state index < -0.39 is 0 Å². The van der Waals surface area contributed by atoms with Gasteiger partial charge in [0.05, 0.1) is 5.56 Å². The van der Waals surface area contributed by atoms with Crippen LogP contribution < -0.4 is 5.73 Å². The summed E-state index contributed by atoms with van der Waals surface area (Å²) < 4.78 is 0. The lowest BCUT2D eigenvalue weighted by atomic mass is 10.0. The van der Waals surface area contributed by atoms with Gasteiger partial charge in [-0.05, 0) is 29.0 Å². The molecule has 2 aromatic carbocycles. The lowest BCUT2D eigenvalue weighted by Gasteiger charge is -2.05. The molecule has 0 amide bonds. The molecule has 1 heterocycles. The van der Waals surface area contributed by atoms with Crippen molar-refractivity contribution in [3.63, 3.8) is 0 Å². The first-order valence-corrected chi connectivity index (χ1v) is 6.00. The molecule has 0 saturated carbocycles. The largest absolute Gasteiger partial charge is 0.383 e. The molecule has 3 heteroatoms. The Balaban J connectivity index is 2.09. The molecule has 0 spiro atoms. The smallest absolute Gasteiger partial charge is 0.196 e. The van der Waals surface area contributed by atoms with Crippen LogP contribution in [0, 0.1) is 0 Å². The molecule has 19 heavy (non-hydrogen) atoms. The Hall–Kier alpha value is -2.68. The Labute approximate surface area is 110 Å². The molecule has 3 rings (SSSR count). The summed E-state index contributed by atoms with van der Waals surface area (Å²) in [6.07, 6.45) is 1.58. The highest BCUT2D eigenvalue weighted by Gasteiger charge is 2.12. The van der Waals surface area contributed by atoms with Crippen LogP contribution in [0.15, 0.2) is 60.8 Å². The molecule has 1 aromatic heterocycles. The van der Waals surface area contributed by atoms with Crippen molar-refractivity contribution in [2.75, 3.05) is 5.73 Å². The average Bonchev–Trinajstić information content (AvgIpc) is 2.46. The van der Waals surface area contributed by atoms with Gasteiger partial charge >= 0.3 is 0 Å². The van der Waals surface area contributed by atoms with E-state index in [2.05, 4.69) is 4.98 Å². The van der Waals surface area contributed by atoms with Crippen molar-refractivity contribution in [3.8, 4) is 0 Å². The first-order valence-electron chi connectivity index (χ1n) is 6.00. The zero-order valence-corrected chi connectivity index (χ0v) is 10.2. The molecular formula is C16H12N2O. The molecule has 0 unspecified atom stereocenters. The zero-order chi connectivity index (χ0) is 13.2. The van der Waals surface area contributed by atoms with Crippen LogP contribution in [0.3, 0.4) is 0 Å². The molecule has 3 nitrogen and oxygen atoms in total. The van der Waals surface area contributed by atoms with Gasteiger partial charge in [-0.25, -0.2) is 4.98 Å². The predicted molar refractivity (Wildman–Crippen MR) is 76.0 cm³/mol. The molecule has 0 bridgehead atoms. The molecule has 2 N–H and O–H groups in total. The van der Waals surface area contributed by atoms with Gasteiger partial charge in [0.25, 0.3) is 0 Å². The Morgan fingerprint density at radius 3 is 2.53 bits per heavy atom. The number of anilines is 1. The lowest BCUT2D eigenvalue weighted by molar-refractivity contribution is 0.103. The fourth-order valence-corrected chi connectivity index (χ4v) is 2.10. The molecular weight excluding hydrogens is 236 g/mol. The molecule has 0 atom stereocenters. The van der Waals surface area contributed by atoms with E-state index in [-0.39, 0.29) is 11.6 Å². The molecule has 3 aromatic rings. The summed E-state index contributed by atoms with van der Waals surface area (Å²) in [6.45, 7) is 0. The van der Waals surface area contributed by atoms with Crippen molar-refractivity contribution in [1.29, 1.82) is 0 Å². The van der Waals surface area contributed by atoms with Gasteiger partial charge in [-0.1, -0.05) is 36.4 Å². The minimum Gasteiger partial charge on any atom is -0.383 e. The summed E-state index contributed by atoms with van der Waals surface area (Å²) in [4.78, 5) is 16.3. The number of nitrogens with zero attached hydrogens (tertiary/aromatic N) is 1. The topological polar surface area (TPSA) is 56.0 Å². The summed E-state index contributed by atoms with van der Waals surface area (Å²) in [5.74, 6) is 0.164. The summed E-state index contributed by atoms with van der Waals surface area (Å²) in [5.41, 5.74) is 6.81. The Bertz CT molecular complexity index is 765. The van der Waals surface area contributed by atoms with E-state index >= 15 is 0 Å². The monoisotopic (exact) mass is 248 g/mol. The second-order valence-corrected chi connectivity index (χ2v) is 4.33. The standard InChI is InChI=1S/C16H12N2O/c17-16-14(6-3-9-18-16)15(19)13-8-7-11-4-1-2-5-12(11)10-13/h1-10H,(H2,17,18). The maximum Gasteiger partial charge on any atom is 0.196 e. The quantitative estimate of drug-likeness (QED) is 0.709. The number of nitrogen functional groups attached to an aromatic ring is 1. The highest BCUT2D eigenvalue weighted by atomic mass is 16.1. The number of pyridine rings is 1. The number of carbonyl (C=O) groups is 1. The fraction of sp³-hybridized carbons (Fsp3) is 0. The van der Waals surface area contributed by atoms with Gasteiger partial charge in [0.1, 0.15) is 5.82 Å². The number of rotatable bonds is 2. The number of nitrogens with two attached hydrogens (primary N) is 1. The van der Waals surface area contributed by atoms with Crippen LogP contribution in [0.1, 0.15) is 15.9 Å². The van der Waals surface area contributed by atoms with Gasteiger partial charge in [-0.2, -0.15) is 0 Å². The minimum atomic E-state index is -0.101. The van der Waals surface area contributed by atoms with E-state index in [9.17, 15) is 4.79 Å². The molecule has 0 radical (unpaired) electrons. The van der Waals surface area contributed by atoms with E-state index in [4.69, 9.17) is 5.73 Å². The number of benzene rings is 2. The number of ketones is 1. The number of aromatic nitrogens is 1. The summed E-state index contributed by atoms with van der Waals surface area (Å²) >= 11 is 0. The number of hydrogen-bond donors (Lipinski definition) is 1. The van der Waals surface area contributed by atoms with Crippen molar-refractivity contribution in [2.24, 2.45) is 0 Å². The van der Waals surface area contributed by atoms with Gasteiger partial charge in [0, 0.05) is 11.8 Å². The lowest BCUT2D eigenvalue weighted by Crippen LogP contribution is -2.06. The Morgan fingerprint density at radius 1 is 0.947 bits per heavy atom. The van der Waals surface area contributed by atoms with Crippen LogP contribution >= 0.6 is 0 Å². The third-order valence-electron chi connectivity index (χ3n) is 3.09. The summed E-state index contributed by atoms with van der Waals surface area (Å²) in [6, 6.07) is 17.0. The van der Waals surface area contributed by atoms with E-state index in [1.807, 2.05) is 42.5 Å². The maximum atomic E-state index is 12.4. The Morgan fingerprint density at radius 2 is 1.74 bits per heavy atom. The van der Waals surface area contributed by atoms with E-state index in [1.165, 1.54) is 0 Å². The molecule has 0 saturated heterocycles. The molecule has 0 aliphatic rings. The first-order chi connectivity index (χ1) is 9.25. The fourth-order valence-electron chi connectivity index (χ4n) is 2.10. The second kappa shape index (κ2) is 4.53. The van der Waals surface area contributed by atoms with Crippen molar-refractivity contribution >= 4 is 22.4 Å². The van der Waals surface area contributed by atoms with Crippen LogP contribution in [0.2, 0.25) is 0 Å². The minimum absolute atomic E-state index is 0.101. The van der Waals surface area contributed by atoms with Crippen molar-refractivity contribution in [2.45, 2.75) is 0 Å².